The lowest BCUT2D eigenvalue weighted by Gasteiger charge is -2.60. The van der Waals surface area contributed by atoms with Gasteiger partial charge in [-0.3, -0.25) is 14.6 Å². The first-order chi connectivity index (χ1) is 20.5. The number of aryl methyl sites for hydroxylation is 1. The number of likely N-dealkylation sites (N-methyl/N-ethyl adjacent to an activating group) is 1. The molecule has 42 heavy (non-hydrogen) atoms. The smallest absolute Gasteiger partial charge is 0.308 e. The third-order valence-electron chi connectivity index (χ3n) is 11.3. The second-order valence-electron chi connectivity index (χ2n) is 13.7. The first-order valence-corrected chi connectivity index (χ1v) is 16.8. The van der Waals surface area contributed by atoms with E-state index in [0.29, 0.717) is 23.8 Å². The van der Waals surface area contributed by atoms with Gasteiger partial charge in [0.25, 0.3) is 0 Å². The van der Waals surface area contributed by atoms with Gasteiger partial charge in [0.15, 0.2) is 11.5 Å². The lowest BCUT2D eigenvalue weighted by atomic mass is 9.50. The van der Waals surface area contributed by atoms with Crippen molar-refractivity contribution in [2.75, 3.05) is 26.2 Å². The van der Waals surface area contributed by atoms with Crippen LogP contribution in [0.5, 0.6) is 17.2 Å². The van der Waals surface area contributed by atoms with Gasteiger partial charge in [-0.2, -0.15) is 0 Å². The van der Waals surface area contributed by atoms with Crippen LogP contribution in [0.2, 0.25) is 0 Å². The van der Waals surface area contributed by atoms with Gasteiger partial charge in [-0.25, -0.2) is 0 Å². The second kappa shape index (κ2) is 11.5. The van der Waals surface area contributed by atoms with Crippen LogP contribution in [0.4, 0.5) is 0 Å². The van der Waals surface area contributed by atoms with Crippen LogP contribution in [0.3, 0.4) is 0 Å². The third kappa shape index (κ3) is 4.93. The van der Waals surface area contributed by atoms with Crippen molar-refractivity contribution in [1.82, 2.24) is 9.80 Å². The molecule has 1 N–H and O–H groups in total. The van der Waals surface area contributed by atoms with E-state index >= 15 is 0 Å². The average Bonchev–Trinajstić information content (AvgIpc) is 3.74. The Hall–Kier alpha value is -2.57. The lowest BCUT2D eigenvalue weighted by molar-refractivity contribution is -0.132. The molecular formula is C36H48N2O4. The highest BCUT2D eigenvalue weighted by atomic mass is 16.6. The van der Waals surface area contributed by atoms with E-state index in [4.69, 9.17) is 9.47 Å². The number of unbranched alkanes of at least 4 members (excludes halogenated alkanes) is 3. The van der Waals surface area contributed by atoms with E-state index in [-0.39, 0.29) is 23.2 Å². The Bertz CT molecular complexity index is 1290. The number of phenols is 1. The fraction of sp³-hybridized carbons (Fsp3) is 0.639. The van der Waals surface area contributed by atoms with Crippen LogP contribution < -0.4 is 9.47 Å². The molecule has 6 nitrogen and oxygen atoms in total. The van der Waals surface area contributed by atoms with Crippen LogP contribution in [0.15, 0.2) is 36.4 Å². The highest BCUT2D eigenvalue weighted by Gasteiger charge is 2.67. The first kappa shape index (κ1) is 28.2. The van der Waals surface area contributed by atoms with Crippen molar-refractivity contribution in [2.24, 2.45) is 11.8 Å². The molecule has 6 heteroatoms. The zero-order chi connectivity index (χ0) is 28.8. The van der Waals surface area contributed by atoms with E-state index in [0.717, 1.165) is 62.5 Å². The van der Waals surface area contributed by atoms with E-state index in [9.17, 15) is 9.90 Å². The van der Waals surface area contributed by atoms with Crippen molar-refractivity contribution < 1.29 is 19.4 Å². The zero-order valence-corrected chi connectivity index (χ0v) is 25.5. The van der Waals surface area contributed by atoms with Crippen molar-refractivity contribution in [3.63, 3.8) is 0 Å². The average molecular weight is 573 g/mol. The molecule has 1 saturated heterocycles. The van der Waals surface area contributed by atoms with Gasteiger partial charge in [-0.05, 0) is 94.8 Å². The molecule has 5 aliphatic rings. The van der Waals surface area contributed by atoms with Gasteiger partial charge < -0.3 is 14.6 Å². The largest absolute Gasteiger partial charge is 0.508 e. The maximum Gasteiger partial charge on any atom is 0.308 e. The molecule has 2 aliphatic heterocycles. The standard InChI is InChI=1S/C36H48N2O4/c1-3-37(19-10-5-4-7-11-25-12-8-6-9-13-25)29-17-16-28-30-21-27-31(40)22-32(41-24(2)39)34-33(27)36(28,35(29)42-34)18-20-38(30)23-26-14-15-26/h6,8-9,12-13,22,26,28-30,35,40H,3-5,7,10-11,14-21,23H2,1-2H3/t28-,29-,30+,35-,36-/m0/s1. The van der Waals surface area contributed by atoms with Crippen LogP contribution in [0, 0.1) is 11.8 Å². The van der Waals surface area contributed by atoms with Gasteiger partial charge in [0.1, 0.15) is 11.9 Å². The summed E-state index contributed by atoms with van der Waals surface area (Å²) in [5.41, 5.74) is 3.55. The summed E-state index contributed by atoms with van der Waals surface area (Å²) in [5.74, 6) is 2.42. The Kier molecular flexibility index (Phi) is 7.72. The van der Waals surface area contributed by atoms with Crippen LogP contribution in [-0.2, 0) is 23.1 Å². The fourth-order valence-electron chi connectivity index (χ4n) is 9.31. The SMILES string of the molecule is CCN(CCCCCCc1ccccc1)[C@H]1CC[C@H]2[C@H]3Cc4c(O)cc(OC(C)=O)c5c4[C@@]2(CCN3CC2CC2)[C@H]1O5. The Balaban J connectivity index is 1.12. The fourth-order valence-corrected chi connectivity index (χ4v) is 9.31. The topological polar surface area (TPSA) is 62.2 Å². The summed E-state index contributed by atoms with van der Waals surface area (Å²) in [7, 11) is 0. The number of benzene rings is 2. The summed E-state index contributed by atoms with van der Waals surface area (Å²) in [6.07, 6.45) is 13.2. The number of carbonyl (C=O) groups excluding carboxylic acids is 1. The minimum Gasteiger partial charge on any atom is -0.508 e. The number of rotatable bonds is 12. The van der Waals surface area contributed by atoms with E-state index in [1.54, 1.807) is 6.07 Å². The summed E-state index contributed by atoms with van der Waals surface area (Å²) >= 11 is 0. The molecule has 0 radical (unpaired) electrons. The number of likely N-dealkylation sites (tertiary alicyclic amines) is 1. The van der Waals surface area contributed by atoms with Gasteiger partial charge >= 0.3 is 5.97 Å². The summed E-state index contributed by atoms with van der Waals surface area (Å²) < 4.78 is 12.7. The Morgan fingerprint density at radius 2 is 1.93 bits per heavy atom. The molecule has 2 aromatic carbocycles. The molecule has 1 spiro atoms. The van der Waals surface area contributed by atoms with Crippen LogP contribution >= 0.6 is 0 Å². The first-order valence-electron chi connectivity index (χ1n) is 16.8. The molecule has 2 heterocycles. The van der Waals surface area contributed by atoms with E-state index in [1.165, 1.54) is 69.5 Å². The molecule has 7 rings (SSSR count). The van der Waals surface area contributed by atoms with Gasteiger partial charge in [0.2, 0.25) is 0 Å². The molecule has 3 aliphatic carbocycles. The number of hydrogen-bond donors (Lipinski definition) is 1. The highest BCUT2D eigenvalue weighted by Crippen LogP contribution is 2.66. The Morgan fingerprint density at radius 3 is 2.69 bits per heavy atom. The van der Waals surface area contributed by atoms with Crippen molar-refractivity contribution in [1.29, 1.82) is 0 Å². The lowest BCUT2D eigenvalue weighted by Crippen LogP contribution is -2.69. The van der Waals surface area contributed by atoms with Crippen LogP contribution in [0.25, 0.3) is 0 Å². The molecule has 2 saturated carbocycles. The zero-order valence-electron chi connectivity index (χ0n) is 25.5. The highest BCUT2D eigenvalue weighted by molar-refractivity contribution is 5.73. The molecule has 2 aromatic rings. The predicted octanol–water partition coefficient (Wildman–Crippen LogP) is 6.26. The summed E-state index contributed by atoms with van der Waals surface area (Å²) in [4.78, 5) is 17.5. The molecule has 5 atom stereocenters. The number of carbonyl (C=O) groups is 1. The van der Waals surface area contributed by atoms with Crippen LogP contribution in [-0.4, -0.2) is 65.2 Å². The number of aromatic hydroxyl groups is 1. The minimum absolute atomic E-state index is 0.0324. The second-order valence-corrected chi connectivity index (χ2v) is 13.7. The predicted molar refractivity (Wildman–Crippen MR) is 164 cm³/mol. The summed E-state index contributed by atoms with van der Waals surface area (Å²) in [6, 6.07) is 13.3. The molecule has 226 valence electrons. The molecular weight excluding hydrogens is 524 g/mol. The number of phenolic OH excluding ortho intramolecular Hbond substituents is 1. The maximum absolute atomic E-state index is 12.1. The van der Waals surface area contributed by atoms with Crippen LogP contribution in [0.1, 0.15) is 88.3 Å². The van der Waals surface area contributed by atoms with E-state index in [1.807, 2.05) is 0 Å². The van der Waals surface area contributed by atoms with Crippen molar-refractivity contribution in [3.05, 3.63) is 53.1 Å². The van der Waals surface area contributed by atoms with E-state index < -0.39 is 0 Å². The summed E-state index contributed by atoms with van der Waals surface area (Å²) in [6.45, 7) is 8.12. The molecule has 0 aromatic heterocycles. The molecule has 3 fully saturated rings. The molecule has 2 bridgehead atoms. The maximum atomic E-state index is 12.1. The Morgan fingerprint density at radius 1 is 1.12 bits per heavy atom. The number of nitrogens with zero attached hydrogens (tertiary/aromatic N) is 2. The number of esters is 1. The van der Waals surface area contributed by atoms with Crippen molar-refractivity contribution >= 4 is 5.97 Å². The van der Waals surface area contributed by atoms with Gasteiger partial charge in [-0.1, -0.05) is 50.1 Å². The monoisotopic (exact) mass is 572 g/mol. The van der Waals surface area contributed by atoms with Gasteiger partial charge in [-0.15, -0.1) is 0 Å². The molecule has 0 amide bonds. The van der Waals surface area contributed by atoms with Gasteiger partial charge in [0, 0.05) is 48.2 Å². The third-order valence-corrected chi connectivity index (χ3v) is 11.3. The normalized spacial score (nSPS) is 29.3. The van der Waals surface area contributed by atoms with Crippen molar-refractivity contribution in [2.45, 2.75) is 108 Å². The van der Waals surface area contributed by atoms with Gasteiger partial charge in [0.05, 0.1) is 0 Å². The number of hydrogen-bond acceptors (Lipinski definition) is 6. The molecule has 0 unspecified atom stereocenters. The number of ether oxygens (including phenoxy) is 2. The quantitative estimate of drug-likeness (QED) is 0.184. The summed E-state index contributed by atoms with van der Waals surface area (Å²) in [5, 5.41) is 11.3. The Labute approximate surface area is 251 Å². The van der Waals surface area contributed by atoms with Crippen molar-refractivity contribution in [3.8, 4) is 17.2 Å². The number of piperidine rings is 1. The minimum atomic E-state index is -0.370. The van der Waals surface area contributed by atoms with E-state index in [2.05, 4.69) is 47.1 Å².